The maximum atomic E-state index is 6.13. The van der Waals surface area contributed by atoms with Crippen molar-refractivity contribution in [3.05, 3.63) is 90.8 Å². The summed E-state index contributed by atoms with van der Waals surface area (Å²) in [6, 6.07) is 17.8. The molecule has 8 heteroatoms. The van der Waals surface area contributed by atoms with Crippen LogP contribution in [0.3, 0.4) is 0 Å². The lowest BCUT2D eigenvalue weighted by molar-refractivity contribution is 0.00340. The molecule has 180 valence electrons. The van der Waals surface area contributed by atoms with Gasteiger partial charge in [-0.25, -0.2) is 4.98 Å². The minimum atomic E-state index is 0.190. The van der Waals surface area contributed by atoms with Crippen LogP contribution in [0.4, 0.5) is 0 Å². The number of nitrogens with zero attached hydrogens (tertiary/aromatic N) is 6. The van der Waals surface area contributed by atoms with Gasteiger partial charge in [-0.05, 0) is 49.9 Å². The van der Waals surface area contributed by atoms with Gasteiger partial charge in [0.05, 0.1) is 42.7 Å². The van der Waals surface area contributed by atoms with Gasteiger partial charge in [-0.1, -0.05) is 25.1 Å². The maximum absolute atomic E-state index is 6.13. The Labute approximate surface area is 205 Å². The van der Waals surface area contributed by atoms with E-state index in [0.717, 1.165) is 40.5 Å². The maximum Gasteiger partial charge on any atom is 0.137 e. The molecular weight excluding hydrogens is 438 g/mol. The number of nitrogens with two attached hydrogens (primary N) is 1. The molecule has 8 nitrogen and oxygen atoms in total. The van der Waals surface area contributed by atoms with Crippen LogP contribution in [0.15, 0.2) is 84.4 Å². The fourth-order valence-electron chi connectivity index (χ4n) is 3.86. The third kappa shape index (κ3) is 5.98. The number of allylic oxidation sites excluding steroid dienone is 1. The monoisotopic (exact) mass is 469 g/mol. The number of likely N-dealkylation sites (N-methyl/N-ethyl adjacent to an activating group) is 1. The van der Waals surface area contributed by atoms with Crippen molar-refractivity contribution in [1.29, 1.82) is 0 Å². The van der Waals surface area contributed by atoms with E-state index in [1.165, 1.54) is 6.20 Å². The summed E-state index contributed by atoms with van der Waals surface area (Å²) in [6.07, 6.45) is 8.86. The number of imidazole rings is 1. The first-order valence-electron chi connectivity index (χ1n) is 11.7. The molecule has 4 heterocycles. The predicted octanol–water partition coefficient (Wildman–Crippen LogP) is 4.05. The lowest BCUT2D eigenvalue weighted by Gasteiger charge is -2.26. The fourth-order valence-corrected chi connectivity index (χ4v) is 3.86. The van der Waals surface area contributed by atoms with Crippen molar-refractivity contribution in [3.63, 3.8) is 0 Å². The first-order chi connectivity index (χ1) is 17.2. The molecule has 0 aliphatic rings. The largest absolute Gasteiger partial charge is 0.404 e. The highest BCUT2D eigenvalue weighted by atomic mass is 16.5. The first-order valence-corrected chi connectivity index (χ1v) is 11.7. The molecule has 1 atom stereocenters. The summed E-state index contributed by atoms with van der Waals surface area (Å²) in [4.78, 5) is 20.5. The van der Waals surface area contributed by atoms with Crippen molar-refractivity contribution in [2.75, 3.05) is 19.8 Å². The summed E-state index contributed by atoms with van der Waals surface area (Å²) in [7, 11) is 0. The van der Waals surface area contributed by atoms with Crippen LogP contribution >= 0.6 is 0 Å². The SMILES string of the molecule is CCN(COCc1nc2ccccn2c1-c1ccccn1)C(C)CN=C/C(=C\N)c1ccccn1. The molecule has 0 fully saturated rings. The fraction of sp³-hybridized carbons (Fsp3) is 0.259. The Balaban J connectivity index is 1.38. The molecule has 4 aromatic rings. The van der Waals surface area contributed by atoms with E-state index < -0.39 is 0 Å². The number of ether oxygens (including phenoxy) is 1. The van der Waals surface area contributed by atoms with Gasteiger partial charge in [0, 0.05) is 42.6 Å². The normalized spacial score (nSPS) is 13.2. The first kappa shape index (κ1) is 24.3. The van der Waals surface area contributed by atoms with E-state index in [9.17, 15) is 0 Å². The molecule has 0 aliphatic carbocycles. The van der Waals surface area contributed by atoms with Gasteiger partial charge in [0.2, 0.25) is 0 Å². The molecule has 0 bridgehead atoms. The van der Waals surface area contributed by atoms with Crippen molar-refractivity contribution in [2.45, 2.75) is 26.5 Å². The van der Waals surface area contributed by atoms with Crippen LogP contribution in [0.1, 0.15) is 25.2 Å². The van der Waals surface area contributed by atoms with E-state index in [1.807, 2.05) is 60.8 Å². The number of hydrogen-bond acceptors (Lipinski definition) is 7. The Morgan fingerprint density at radius 1 is 1.11 bits per heavy atom. The number of fused-ring (bicyclic) bond motifs is 1. The molecule has 0 saturated heterocycles. The van der Waals surface area contributed by atoms with Crippen LogP contribution in [0.5, 0.6) is 0 Å². The Bertz CT molecular complexity index is 1270. The summed E-state index contributed by atoms with van der Waals surface area (Å²) < 4.78 is 8.19. The zero-order valence-corrected chi connectivity index (χ0v) is 20.2. The van der Waals surface area contributed by atoms with Gasteiger partial charge in [0.1, 0.15) is 5.65 Å². The predicted molar refractivity (Wildman–Crippen MR) is 140 cm³/mol. The number of pyridine rings is 3. The van der Waals surface area contributed by atoms with Crippen molar-refractivity contribution in [1.82, 2.24) is 24.3 Å². The van der Waals surface area contributed by atoms with Gasteiger partial charge in [0.15, 0.2) is 0 Å². The summed E-state index contributed by atoms with van der Waals surface area (Å²) in [5, 5.41) is 0. The van der Waals surface area contributed by atoms with E-state index in [-0.39, 0.29) is 6.04 Å². The zero-order valence-electron chi connectivity index (χ0n) is 20.2. The molecule has 0 radical (unpaired) electrons. The van der Waals surface area contributed by atoms with Crippen molar-refractivity contribution < 1.29 is 4.74 Å². The molecular formula is C27H31N7O. The third-order valence-electron chi connectivity index (χ3n) is 5.78. The topological polar surface area (TPSA) is 93.9 Å². The van der Waals surface area contributed by atoms with Crippen LogP contribution < -0.4 is 5.73 Å². The second-order valence-corrected chi connectivity index (χ2v) is 8.11. The van der Waals surface area contributed by atoms with Crippen LogP contribution in [-0.4, -0.2) is 56.3 Å². The van der Waals surface area contributed by atoms with Crippen molar-refractivity contribution in [3.8, 4) is 11.4 Å². The quantitative estimate of drug-likeness (QED) is 0.263. The molecule has 2 N–H and O–H groups in total. The summed E-state index contributed by atoms with van der Waals surface area (Å²) in [5.41, 5.74) is 10.9. The van der Waals surface area contributed by atoms with Gasteiger partial charge >= 0.3 is 0 Å². The Kier molecular flexibility index (Phi) is 8.32. The summed E-state index contributed by atoms with van der Waals surface area (Å²) in [6.45, 7) is 6.58. The highest BCUT2D eigenvalue weighted by Gasteiger charge is 2.17. The molecule has 4 aromatic heterocycles. The molecule has 4 rings (SSSR count). The second-order valence-electron chi connectivity index (χ2n) is 8.11. The standard InChI is InChI=1S/C27H31N7O/c1-3-33(21(2)17-29-18-22(16-28)23-10-4-7-13-30-23)20-35-19-25-27(24-11-5-8-14-31-24)34-15-9-6-12-26(34)32-25/h4-16,18,21H,3,17,19-20,28H2,1-2H3/b22-16+,29-18?. The molecule has 0 aromatic carbocycles. The molecule has 0 aliphatic heterocycles. The van der Waals surface area contributed by atoms with Gasteiger partial charge < -0.3 is 10.5 Å². The summed E-state index contributed by atoms with van der Waals surface area (Å²) in [5.74, 6) is 0. The summed E-state index contributed by atoms with van der Waals surface area (Å²) >= 11 is 0. The highest BCUT2D eigenvalue weighted by molar-refractivity contribution is 6.08. The van der Waals surface area contributed by atoms with Crippen LogP contribution in [0.25, 0.3) is 22.6 Å². The molecule has 0 spiro atoms. The number of hydrogen-bond donors (Lipinski definition) is 1. The van der Waals surface area contributed by atoms with E-state index in [0.29, 0.717) is 19.9 Å². The molecule has 0 amide bonds. The Hall–Kier alpha value is -3.88. The van der Waals surface area contributed by atoms with Crippen molar-refractivity contribution >= 4 is 17.4 Å². The average Bonchev–Trinajstić information content (AvgIpc) is 3.28. The van der Waals surface area contributed by atoms with Gasteiger partial charge in [-0.3, -0.25) is 24.3 Å². The van der Waals surface area contributed by atoms with Crippen molar-refractivity contribution in [2.24, 2.45) is 10.7 Å². The van der Waals surface area contributed by atoms with E-state index in [1.54, 1.807) is 18.6 Å². The van der Waals surface area contributed by atoms with E-state index in [4.69, 9.17) is 15.5 Å². The molecule has 35 heavy (non-hydrogen) atoms. The molecule has 1 unspecified atom stereocenters. The lowest BCUT2D eigenvalue weighted by atomic mass is 10.2. The van der Waals surface area contributed by atoms with Crippen LogP contribution in [0, 0.1) is 0 Å². The minimum Gasteiger partial charge on any atom is -0.404 e. The minimum absolute atomic E-state index is 0.190. The smallest absolute Gasteiger partial charge is 0.137 e. The van der Waals surface area contributed by atoms with Crippen LogP contribution in [-0.2, 0) is 11.3 Å². The Morgan fingerprint density at radius 3 is 2.63 bits per heavy atom. The van der Waals surface area contributed by atoms with Crippen LogP contribution in [0.2, 0.25) is 0 Å². The lowest BCUT2D eigenvalue weighted by Crippen LogP contribution is -2.36. The zero-order chi connectivity index (χ0) is 24.5. The highest BCUT2D eigenvalue weighted by Crippen LogP contribution is 2.24. The number of aliphatic imine (C=N–C) groups is 1. The van der Waals surface area contributed by atoms with Gasteiger partial charge in [0.25, 0.3) is 0 Å². The van der Waals surface area contributed by atoms with Gasteiger partial charge in [-0.15, -0.1) is 0 Å². The number of rotatable bonds is 11. The van der Waals surface area contributed by atoms with Gasteiger partial charge in [-0.2, -0.15) is 0 Å². The average molecular weight is 470 g/mol. The number of aromatic nitrogens is 4. The molecule has 0 saturated carbocycles. The third-order valence-corrected chi connectivity index (χ3v) is 5.78. The Morgan fingerprint density at radius 2 is 1.91 bits per heavy atom. The van der Waals surface area contributed by atoms with E-state index in [2.05, 4.69) is 38.1 Å². The second kappa shape index (κ2) is 12.0. The van der Waals surface area contributed by atoms with E-state index >= 15 is 0 Å².